The molecule has 1 atom stereocenters. The van der Waals surface area contributed by atoms with Crippen molar-refractivity contribution >= 4 is 11.7 Å². The van der Waals surface area contributed by atoms with Gasteiger partial charge in [-0.15, -0.1) is 0 Å². The van der Waals surface area contributed by atoms with Gasteiger partial charge >= 0.3 is 5.97 Å². The van der Waals surface area contributed by atoms with E-state index in [1.54, 1.807) is 13.2 Å². The van der Waals surface area contributed by atoms with Crippen LogP contribution in [0.2, 0.25) is 0 Å². The molecule has 2 rings (SSSR count). The Labute approximate surface area is 119 Å². The number of carbonyl (C=O) groups excluding carboxylic acids is 1. The maximum atomic E-state index is 11.9. The number of hydrogen-bond acceptors (Lipinski definition) is 5. The highest BCUT2D eigenvalue weighted by Crippen LogP contribution is 2.23. The minimum absolute atomic E-state index is 0.370. The summed E-state index contributed by atoms with van der Waals surface area (Å²) in [5.74, 6) is 0.202. The fraction of sp³-hybridized carbons (Fsp3) is 0.533. The van der Waals surface area contributed by atoms with Gasteiger partial charge in [0.05, 0.1) is 19.3 Å². The Morgan fingerprint density at radius 2 is 2.25 bits per heavy atom. The summed E-state index contributed by atoms with van der Waals surface area (Å²) < 4.78 is 10.0. The van der Waals surface area contributed by atoms with Gasteiger partial charge in [-0.25, -0.2) is 4.79 Å². The predicted molar refractivity (Wildman–Crippen MR) is 77.5 cm³/mol. The van der Waals surface area contributed by atoms with Crippen molar-refractivity contribution in [1.82, 2.24) is 4.90 Å². The summed E-state index contributed by atoms with van der Waals surface area (Å²) in [5.41, 5.74) is 7.80. The number of methoxy groups -OCH3 is 2. The molecule has 0 aromatic heterocycles. The van der Waals surface area contributed by atoms with E-state index in [0.717, 1.165) is 38.2 Å². The lowest BCUT2D eigenvalue weighted by Crippen LogP contribution is -2.23. The molecule has 0 radical (unpaired) electrons. The van der Waals surface area contributed by atoms with Gasteiger partial charge in [0.25, 0.3) is 0 Å². The fourth-order valence-electron chi connectivity index (χ4n) is 2.77. The zero-order valence-electron chi connectivity index (χ0n) is 12.1. The van der Waals surface area contributed by atoms with Crippen molar-refractivity contribution in [3.63, 3.8) is 0 Å². The van der Waals surface area contributed by atoms with E-state index in [1.807, 2.05) is 12.1 Å². The third-order valence-electron chi connectivity index (χ3n) is 3.74. The summed E-state index contributed by atoms with van der Waals surface area (Å²) >= 11 is 0. The molecule has 110 valence electrons. The Kier molecular flexibility index (Phi) is 4.98. The van der Waals surface area contributed by atoms with E-state index < -0.39 is 0 Å². The number of esters is 1. The topological polar surface area (TPSA) is 64.8 Å². The van der Waals surface area contributed by atoms with Crippen molar-refractivity contribution in [3.8, 4) is 0 Å². The molecule has 1 aliphatic rings. The second kappa shape index (κ2) is 6.72. The van der Waals surface area contributed by atoms with Gasteiger partial charge in [0.15, 0.2) is 0 Å². The lowest BCUT2D eigenvalue weighted by Gasteiger charge is -2.18. The molecule has 1 aromatic carbocycles. The lowest BCUT2D eigenvalue weighted by atomic mass is 10.0. The predicted octanol–water partition coefficient (Wildman–Crippen LogP) is 1.52. The third-order valence-corrected chi connectivity index (χ3v) is 3.74. The van der Waals surface area contributed by atoms with Crippen LogP contribution in [0.5, 0.6) is 0 Å². The molecule has 0 bridgehead atoms. The first-order valence-electron chi connectivity index (χ1n) is 6.82. The largest absolute Gasteiger partial charge is 0.465 e. The van der Waals surface area contributed by atoms with E-state index in [9.17, 15) is 4.79 Å². The number of nitrogens with zero attached hydrogens (tertiary/aromatic N) is 1. The van der Waals surface area contributed by atoms with Crippen molar-refractivity contribution in [2.24, 2.45) is 5.92 Å². The number of nitrogens with two attached hydrogens (primary N) is 1. The number of ether oxygens (including phenoxy) is 2. The zero-order chi connectivity index (χ0) is 14.5. The molecule has 0 saturated carbocycles. The second-order valence-corrected chi connectivity index (χ2v) is 5.22. The lowest BCUT2D eigenvalue weighted by molar-refractivity contribution is 0.0599. The van der Waals surface area contributed by atoms with Crippen LogP contribution in [0.25, 0.3) is 0 Å². The van der Waals surface area contributed by atoms with Gasteiger partial charge < -0.3 is 15.2 Å². The maximum absolute atomic E-state index is 11.9. The van der Waals surface area contributed by atoms with E-state index in [4.69, 9.17) is 15.2 Å². The summed E-state index contributed by atoms with van der Waals surface area (Å²) in [6.07, 6.45) is 1.13. The first-order chi connectivity index (χ1) is 9.65. The standard InChI is InChI=1S/C15H22N2O3/c1-19-10-11-6-7-17(8-11)9-12-4-3-5-13(16)14(12)15(18)20-2/h3-5,11H,6-10,16H2,1-2H3. The number of likely N-dealkylation sites (tertiary alicyclic amines) is 1. The van der Waals surface area contributed by atoms with E-state index in [2.05, 4.69) is 4.90 Å². The van der Waals surface area contributed by atoms with Gasteiger partial charge in [-0.05, 0) is 30.5 Å². The highest BCUT2D eigenvalue weighted by molar-refractivity contribution is 5.96. The first-order valence-corrected chi connectivity index (χ1v) is 6.82. The molecule has 1 unspecified atom stereocenters. The van der Waals surface area contributed by atoms with Crippen LogP contribution in [-0.4, -0.2) is 44.8 Å². The SMILES string of the molecule is COCC1CCN(Cc2cccc(N)c2C(=O)OC)C1. The van der Waals surface area contributed by atoms with Gasteiger partial charge in [-0.2, -0.15) is 0 Å². The quantitative estimate of drug-likeness (QED) is 0.653. The molecule has 1 aliphatic heterocycles. The summed E-state index contributed by atoms with van der Waals surface area (Å²) in [7, 11) is 3.11. The molecule has 20 heavy (non-hydrogen) atoms. The third kappa shape index (κ3) is 3.29. The molecule has 0 amide bonds. The summed E-state index contributed by atoms with van der Waals surface area (Å²) in [5, 5.41) is 0. The number of nitrogen functional groups attached to an aromatic ring is 1. The van der Waals surface area contributed by atoms with E-state index in [1.165, 1.54) is 7.11 Å². The molecular weight excluding hydrogens is 256 g/mol. The normalized spacial score (nSPS) is 19.2. The highest BCUT2D eigenvalue weighted by atomic mass is 16.5. The highest BCUT2D eigenvalue weighted by Gasteiger charge is 2.24. The minimum atomic E-state index is -0.370. The molecule has 2 N–H and O–H groups in total. The van der Waals surface area contributed by atoms with E-state index in [0.29, 0.717) is 17.2 Å². The van der Waals surface area contributed by atoms with E-state index >= 15 is 0 Å². The average Bonchev–Trinajstić information content (AvgIpc) is 2.86. The second-order valence-electron chi connectivity index (χ2n) is 5.22. The zero-order valence-corrected chi connectivity index (χ0v) is 12.1. The van der Waals surface area contributed by atoms with Gasteiger partial charge in [-0.3, -0.25) is 4.90 Å². The summed E-state index contributed by atoms with van der Waals surface area (Å²) in [4.78, 5) is 14.2. The van der Waals surface area contributed by atoms with E-state index in [-0.39, 0.29) is 5.97 Å². The van der Waals surface area contributed by atoms with Crippen molar-refractivity contribution in [2.75, 3.05) is 39.6 Å². The van der Waals surface area contributed by atoms with Crippen molar-refractivity contribution < 1.29 is 14.3 Å². The number of hydrogen-bond donors (Lipinski definition) is 1. The van der Waals surface area contributed by atoms with Crippen molar-refractivity contribution in [3.05, 3.63) is 29.3 Å². The van der Waals surface area contributed by atoms with Crippen LogP contribution in [-0.2, 0) is 16.0 Å². The number of carbonyl (C=O) groups is 1. The molecule has 5 heteroatoms. The Morgan fingerprint density at radius 1 is 1.45 bits per heavy atom. The molecule has 1 heterocycles. The van der Waals surface area contributed by atoms with Crippen LogP contribution in [0.3, 0.4) is 0 Å². The molecule has 1 saturated heterocycles. The van der Waals surface area contributed by atoms with Gasteiger partial charge in [0, 0.05) is 25.9 Å². The van der Waals surface area contributed by atoms with Crippen LogP contribution in [0.15, 0.2) is 18.2 Å². The van der Waals surface area contributed by atoms with Gasteiger partial charge in [0.2, 0.25) is 0 Å². The van der Waals surface area contributed by atoms with Crippen LogP contribution in [0, 0.1) is 5.92 Å². The number of rotatable bonds is 5. The Morgan fingerprint density at radius 3 is 2.95 bits per heavy atom. The Hall–Kier alpha value is -1.59. The summed E-state index contributed by atoms with van der Waals surface area (Å²) in [6, 6.07) is 5.54. The first kappa shape index (κ1) is 14.8. The van der Waals surface area contributed by atoms with Crippen molar-refractivity contribution in [1.29, 1.82) is 0 Å². The maximum Gasteiger partial charge on any atom is 0.340 e. The van der Waals surface area contributed by atoms with Gasteiger partial charge in [0.1, 0.15) is 0 Å². The number of benzene rings is 1. The molecule has 1 fully saturated rings. The van der Waals surface area contributed by atoms with Crippen LogP contribution >= 0.6 is 0 Å². The Balaban J connectivity index is 2.10. The van der Waals surface area contributed by atoms with Crippen LogP contribution < -0.4 is 5.73 Å². The van der Waals surface area contributed by atoms with Crippen molar-refractivity contribution in [2.45, 2.75) is 13.0 Å². The molecule has 1 aromatic rings. The fourth-order valence-corrected chi connectivity index (χ4v) is 2.77. The monoisotopic (exact) mass is 278 g/mol. The summed E-state index contributed by atoms with van der Waals surface area (Å²) in [6.45, 7) is 3.51. The van der Waals surface area contributed by atoms with Crippen LogP contribution in [0.4, 0.5) is 5.69 Å². The Bertz CT molecular complexity index is 476. The molecule has 0 spiro atoms. The van der Waals surface area contributed by atoms with Crippen LogP contribution in [0.1, 0.15) is 22.3 Å². The number of anilines is 1. The average molecular weight is 278 g/mol. The minimum Gasteiger partial charge on any atom is -0.465 e. The van der Waals surface area contributed by atoms with Gasteiger partial charge in [-0.1, -0.05) is 12.1 Å². The smallest absolute Gasteiger partial charge is 0.340 e. The molecule has 5 nitrogen and oxygen atoms in total. The molecule has 0 aliphatic carbocycles. The molecular formula is C15H22N2O3.